The predicted octanol–water partition coefficient (Wildman–Crippen LogP) is 3.98. The van der Waals surface area contributed by atoms with E-state index >= 15 is 0 Å². The average Bonchev–Trinajstić information content (AvgIpc) is 3.21. The van der Waals surface area contributed by atoms with Crippen LogP contribution in [0.5, 0.6) is 11.5 Å². The molecule has 4 rings (SSSR count). The zero-order valence-corrected chi connectivity index (χ0v) is 19.9. The van der Waals surface area contributed by atoms with E-state index in [0.29, 0.717) is 25.1 Å². The number of carbonyl (C=O) groups is 1. The van der Waals surface area contributed by atoms with Gasteiger partial charge in [0, 0.05) is 48.1 Å². The van der Waals surface area contributed by atoms with Crippen LogP contribution in [0.3, 0.4) is 0 Å². The largest absolute Gasteiger partial charge is 0.502 e. The van der Waals surface area contributed by atoms with Crippen LogP contribution in [-0.4, -0.2) is 40.7 Å². The van der Waals surface area contributed by atoms with E-state index < -0.39 is 10.8 Å². The maximum atomic E-state index is 12.9. The van der Waals surface area contributed by atoms with Crippen molar-refractivity contribution in [2.75, 3.05) is 25.2 Å². The third kappa shape index (κ3) is 5.05. The number of ether oxygens (including phenoxy) is 1. The van der Waals surface area contributed by atoms with Crippen molar-refractivity contribution < 1.29 is 19.1 Å². The van der Waals surface area contributed by atoms with E-state index in [2.05, 4.69) is 16.0 Å². The number of rotatable bonds is 8. The number of methoxy groups -OCH3 is 1. The maximum absolute atomic E-state index is 12.9. The van der Waals surface area contributed by atoms with Gasteiger partial charge in [0.2, 0.25) is 17.1 Å². The number of fused-ring (bicyclic) bond motifs is 1. The summed E-state index contributed by atoms with van der Waals surface area (Å²) in [5.41, 5.74) is 0.0226. The first kappa shape index (κ1) is 23.3. The molecule has 1 fully saturated rings. The van der Waals surface area contributed by atoms with Crippen molar-refractivity contribution in [3.63, 3.8) is 0 Å². The molecule has 1 amide bonds. The van der Waals surface area contributed by atoms with Crippen LogP contribution in [0.1, 0.15) is 37.2 Å². The molecule has 33 heavy (non-hydrogen) atoms. The Morgan fingerprint density at radius 3 is 2.82 bits per heavy atom. The molecule has 7 nitrogen and oxygen atoms in total. The third-order valence-electron chi connectivity index (χ3n) is 6.35. The smallest absolute Gasteiger partial charge is 0.227 e. The van der Waals surface area contributed by atoms with E-state index in [0.717, 1.165) is 41.1 Å². The fraction of sp³-hybridized carbons (Fsp3) is 0.440. The number of aryl methyl sites for hydroxylation is 2. The molecule has 1 aliphatic heterocycles. The Kier molecular flexibility index (Phi) is 7.02. The Morgan fingerprint density at radius 2 is 2.06 bits per heavy atom. The van der Waals surface area contributed by atoms with E-state index in [1.807, 2.05) is 36.2 Å². The van der Waals surface area contributed by atoms with E-state index in [1.54, 1.807) is 14.0 Å². The zero-order chi connectivity index (χ0) is 23.4. The fourth-order valence-corrected chi connectivity index (χ4v) is 5.83. The van der Waals surface area contributed by atoms with Gasteiger partial charge >= 0.3 is 0 Å². The summed E-state index contributed by atoms with van der Waals surface area (Å²) < 4.78 is 13.3. The molecule has 0 spiro atoms. The predicted molar refractivity (Wildman–Crippen MR) is 130 cm³/mol. The van der Waals surface area contributed by atoms with Crippen LogP contribution in [0.25, 0.3) is 10.9 Å². The van der Waals surface area contributed by atoms with E-state index in [4.69, 9.17) is 9.15 Å². The normalized spacial score (nSPS) is 15.5. The standard InChI is InChI=1S/C25H30N2O5S/c1-17-14-21(28)23(30)24(32-17)25(7-12-33-13-8-25)16-22(29)26-9-3-10-27-11-6-18-15-19(31-2)4-5-20(18)27/h4-6,11,14-15,30H,3,7-10,12-13,16H2,1-2H3,(H,26,29). The Balaban J connectivity index is 1.38. The Hall–Kier alpha value is -2.87. The minimum absolute atomic E-state index is 0.0902. The molecule has 2 aromatic heterocycles. The van der Waals surface area contributed by atoms with Crippen molar-refractivity contribution in [2.45, 2.75) is 44.6 Å². The quantitative estimate of drug-likeness (QED) is 0.484. The minimum Gasteiger partial charge on any atom is -0.502 e. The minimum atomic E-state index is -0.652. The molecule has 2 N–H and O–H groups in total. The van der Waals surface area contributed by atoms with Crippen molar-refractivity contribution in [3.8, 4) is 11.5 Å². The lowest BCUT2D eigenvalue weighted by molar-refractivity contribution is -0.122. The summed E-state index contributed by atoms with van der Waals surface area (Å²) in [6.07, 6.45) is 4.39. The number of hydrogen-bond donors (Lipinski definition) is 2. The summed E-state index contributed by atoms with van der Waals surface area (Å²) in [6, 6.07) is 9.34. The van der Waals surface area contributed by atoms with Crippen molar-refractivity contribution in [2.24, 2.45) is 0 Å². The molecule has 0 aliphatic carbocycles. The van der Waals surface area contributed by atoms with Crippen molar-refractivity contribution >= 4 is 28.6 Å². The van der Waals surface area contributed by atoms with Crippen LogP contribution in [0.4, 0.5) is 0 Å². The molecular weight excluding hydrogens is 440 g/mol. The van der Waals surface area contributed by atoms with E-state index in [-0.39, 0.29) is 23.8 Å². The zero-order valence-electron chi connectivity index (χ0n) is 19.1. The van der Waals surface area contributed by atoms with Gasteiger partial charge in [-0.05, 0) is 62.0 Å². The van der Waals surface area contributed by atoms with Gasteiger partial charge < -0.3 is 24.1 Å². The molecule has 0 saturated carbocycles. The highest BCUT2D eigenvalue weighted by molar-refractivity contribution is 7.99. The molecule has 0 bridgehead atoms. The molecule has 176 valence electrons. The van der Waals surface area contributed by atoms with Crippen LogP contribution in [0, 0.1) is 6.92 Å². The topological polar surface area (TPSA) is 93.7 Å². The summed E-state index contributed by atoms with van der Waals surface area (Å²) in [7, 11) is 1.66. The molecule has 0 unspecified atom stereocenters. The summed E-state index contributed by atoms with van der Waals surface area (Å²) in [5, 5.41) is 14.6. The highest BCUT2D eigenvalue weighted by atomic mass is 32.2. The number of thioether (sulfide) groups is 1. The van der Waals surface area contributed by atoms with Crippen molar-refractivity contribution in [1.29, 1.82) is 0 Å². The molecule has 3 heterocycles. The van der Waals surface area contributed by atoms with E-state index in [1.165, 1.54) is 6.07 Å². The van der Waals surface area contributed by atoms with Gasteiger partial charge in [-0.3, -0.25) is 9.59 Å². The number of amides is 1. The summed E-state index contributed by atoms with van der Waals surface area (Å²) in [5.74, 6) is 2.80. The summed E-state index contributed by atoms with van der Waals surface area (Å²) in [6.45, 7) is 3.02. The Labute approximate surface area is 197 Å². The lowest BCUT2D eigenvalue weighted by Gasteiger charge is -2.35. The molecular formula is C25H30N2O5S. The van der Waals surface area contributed by atoms with E-state index in [9.17, 15) is 14.7 Å². The maximum Gasteiger partial charge on any atom is 0.227 e. The van der Waals surface area contributed by atoms with Gasteiger partial charge in [-0.25, -0.2) is 0 Å². The molecule has 0 radical (unpaired) electrons. The van der Waals surface area contributed by atoms with Gasteiger partial charge in [0.25, 0.3) is 0 Å². The number of nitrogens with zero attached hydrogens (tertiary/aromatic N) is 1. The number of nitrogens with one attached hydrogen (secondary N) is 1. The molecule has 3 aromatic rings. The first-order valence-corrected chi connectivity index (χ1v) is 12.4. The first-order valence-electron chi connectivity index (χ1n) is 11.2. The number of carbonyl (C=O) groups excluding carboxylic acids is 1. The highest BCUT2D eigenvalue weighted by Gasteiger charge is 2.41. The Bertz CT molecular complexity index is 1190. The number of hydrogen-bond acceptors (Lipinski definition) is 6. The van der Waals surface area contributed by atoms with Gasteiger partial charge in [0.1, 0.15) is 11.5 Å². The van der Waals surface area contributed by atoms with Crippen LogP contribution >= 0.6 is 11.8 Å². The molecule has 1 saturated heterocycles. The monoisotopic (exact) mass is 470 g/mol. The summed E-state index contributed by atoms with van der Waals surface area (Å²) >= 11 is 1.81. The highest BCUT2D eigenvalue weighted by Crippen LogP contribution is 2.44. The third-order valence-corrected chi connectivity index (χ3v) is 7.34. The second-order valence-electron chi connectivity index (χ2n) is 8.61. The molecule has 0 atom stereocenters. The second kappa shape index (κ2) is 9.95. The average molecular weight is 471 g/mol. The number of benzene rings is 1. The van der Waals surface area contributed by atoms with Gasteiger partial charge in [-0.15, -0.1) is 0 Å². The lowest BCUT2D eigenvalue weighted by atomic mass is 9.75. The Morgan fingerprint density at radius 1 is 1.27 bits per heavy atom. The first-order chi connectivity index (χ1) is 15.9. The van der Waals surface area contributed by atoms with Gasteiger partial charge in [0.05, 0.1) is 7.11 Å². The molecule has 1 aromatic carbocycles. The van der Waals surface area contributed by atoms with Crippen molar-refractivity contribution in [3.05, 3.63) is 58.3 Å². The van der Waals surface area contributed by atoms with Crippen LogP contribution in [0.15, 0.2) is 45.7 Å². The SMILES string of the molecule is COc1ccc2c(ccn2CCCNC(=O)CC2(c3oc(C)cc(=O)c3O)CCSCC2)c1. The van der Waals surface area contributed by atoms with Gasteiger partial charge in [-0.1, -0.05) is 0 Å². The van der Waals surface area contributed by atoms with Crippen molar-refractivity contribution in [1.82, 2.24) is 9.88 Å². The van der Waals surface area contributed by atoms with Crippen LogP contribution in [0.2, 0.25) is 0 Å². The molecule has 1 aliphatic rings. The number of aromatic nitrogens is 1. The van der Waals surface area contributed by atoms with Crippen LogP contribution < -0.4 is 15.5 Å². The second-order valence-corrected chi connectivity index (χ2v) is 9.83. The fourth-order valence-electron chi connectivity index (χ4n) is 4.56. The lowest BCUT2D eigenvalue weighted by Crippen LogP contribution is -2.39. The van der Waals surface area contributed by atoms with Crippen LogP contribution in [-0.2, 0) is 16.8 Å². The molecule has 8 heteroatoms. The van der Waals surface area contributed by atoms with Gasteiger partial charge in [0.15, 0.2) is 5.76 Å². The summed E-state index contributed by atoms with van der Waals surface area (Å²) in [4.78, 5) is 25.0. The van der Waals surface area contributed by atoms with Gasteiger partial charge in [-0.2, -0.15) is 11.8 Å². The number of aromatic hydroxyl groups is 1.